The van der Waals surface area contributed by atoms with Crippen LogP contribution in [0.1, 0.15) is 23.7 Å². The van der Waals surface area contributed by atoms with Crippen LogP contribution in [0, 0.1) is 12.7 Å². The zero-order valence-electron chi connectivity index (χ0n) is 9.68. The highest BCUT2D eigenvalue weighted by Crippen LogP contribution is 2.21. The first-order valence-electron chi connectivity index (χ1n) is 5.14. The van der Waals surface area contributed by atoms with Crippen molar-refractivity contribution in [2.24, 2.45) is 0 Å². The minimum Gasteiger partial charge on any atom is -0.469 e. The van der Waals surface area contributed by atoms with Crippen LogP contribution in [0.3, 0.4) is 0 Å². The highest BCUT2D eigenvalue weighted by molar-refractivity contribution is 5.69. The maximum Gasteiger partial charge on any atom is 0.308 e. The van der Waals surface area contributed by atoms with Gasteiger partial charge in [0, 0.05) is 0 Å². The van der Waals surface area contributed by atoms with E-state index in [9.17, 15) is 19.4 Å². The maximum absolute atomic E-state index is 13.1. The van der Waals surface area contributed by atoms with Crippen LogP contribution in [-0.4, -0.2) is 29.4 Å². The Bertz CT molecular complexity index is 385. The van der Waals surface area contributed by atoms with Crippen molar-refractivity contribution in [2.75, 3.05) is 7.11 Å². The highest BCUT2D eigenvalue weighted by Gasteiger charge is 2.22. The second-order valence-corrected chi connectivity index (χ2v) is 3.85. The molecule has 5 heteroatoms. The molecule has 0 fully saturated rings. The van der Waals surface area contributed by atoms with Crippen LogP contribution in [0.15, 0.2) is 18.2 Å². The van der Waals surface area contributed by atoms with Crippen molar-refractivity contribution in [3.05, 3.63) is 35.1 Å². The number of halogens is 1. The molecule has 0 aromatic heterocycles. The third kappa shape index (κ3) is 3.80. The van der Waals surface area contributed by atoms with Gasteiger partial charge in [0.25, 0.3) is 0 Å². The molecule has 1 aromatic carbocycles. The first-order chi connectivity index (χ1) is 7.93. The molecule has 94 valence electrons. The number of aliphatic hydroxyl groups excluding tert-OH is 2. The summed E-state index contributed by atoms with van der Waals surface area (Å²) in [7, 11) is 1.19. The Morgan fingerprint density at radius 3 is 2.59 bits per heavy atom. The van der Waals surface area contributed by atoms with E-state index in [4.69, 9.17) is 0 Å². The fraction of sp³-hybridized carbons (Fsp3) is 0.417. The highest BCUT2D eigenvalue weighted by atomic mass is 19.1. The van der Waals surface area contributed by atoms with Gasteiger partial charge in [0.1, 0.15) is 11.9 Å². The number of hydrogen-bond donors (Lipinski definition) is 2. The van der Waals surface area contributed by atoms with Gasteiger partial charge in [0.15, 0.2) is 0 Å². The third-order valence-electron chi connectivity index (χ3n) is 2.37. The lowest BCUT2D eigenvalue weighted by Gasteiger charge is -2.17. The minimum atomic E-state index is -1.32. The summed E-state index contributed by atoms with van der Waals surface area (Å²) in [5.41, 5.74) is 0.864. The molecule has 0 aliphatic carbocycles. The zero-order chi connectivity index (χ0) is 13.0. The van der Waals surface area contributed by atoms with Crippen molar-refractivity contribution in [1.82, 2.24) is 0 Å². The van der Waals surface area contributed by atoms with Crippen molar-refractivity contribution in [3.8, 4) is 0 Å². The van der Waals surface area contributed by atoms with Gasteiger partial charge in [-0.05, 0) is 30.2 Å². The van der Waals surface area contributed by atoms with Gasteiger partial charge < -0.3 is 14.9 Å². The van der Waals surface area contributed by atoms with Crippen LogP contribution in [0.25, 0.3) is 0 Å². The Morgan fingerprint density at radius 2 is 2.06 bits per heavy atom. The van der Waals surface area contributed by atoms with Gasteiger partial charge >= 0.3 is 5.97 Å². The molecule has 0 amide bonds. The molecule has 0 saturated heterocycles. The monoisotopic (exact) mass is 242 g/mol. The van der Waals surface area contributed by atoms with Crippen LogP contribution in [0.2, 0.25) is 0 Å². The lowest BCUT2D eigenvalue weighted by Crippen LogP contribution is -2.22. The molecule has 17 heavy (non-hydrogen) atoms. The van der Waals surface area contributed by atoms with Crippen molar-refractivity contribution in [2.45, 2.75) is 25.6 Å². The van der Waals surface area contributed by atoms with Crippen molar-refractivity contribution >= 4 is 5.97 Å². The SMILES string of the molecule is COC(=O)CC(O)C(O)c1cc(C)cc(F)c1. The number of carbonyl (C=O) groups is 1. The molecule has 0 saturated carbocycles. The Morgan fingerprint density at radius 1 is 1.41 bits per heavy atom. The largest absolute Gasteiger partial charge is 0.469 e. The molecule has 0 spiro atoms. The smallest absolute Gasteiger partial charge is 0.308 e. The minimum absolute atomic E-state index is 0.235. The molecule has 1 aromatic rings. The van der Waals surface area contributed by atoms with Crippen LogP contribution in [-0.2, 0) is 9.53 Å². The van der Waals surface area contributed by atoms with Crippen LogP contribution >= 0.6 is 0 Å². The molecule has 0 radical (unpaired) electrons. The van der Waals surface area contributed by atoms with E-state index >= 15 is 0 Å². The standard InChI is InChI=1S/C12H15FO4/c1-7-3-8(5-9(13)4-7)12(16)10(14)6-11(15)17-2/h3-5,10,12,14,16H,6H2,1-2H3. The Labute approximate surface area is 98.7 Å². The quantitative estimate of drug-likeness (QED) is 0.776. The van der Waals surface area contributed by atoms with E-state index in [2.05, 4.69) is 4.74 Å². The second kappa shape index (κ2) is 5.75. The molecular formula is C12H15FO4. The van der Waals surface area contributed by atoms with Gasteiger partial charge in [-0.15, -0.1) is 0 Å². The number of benzene rings is 1. The number of aliphatic hydroxyl groups is 2. The Kier molecular flexibility index (Phi) is 4.60. The maximum atomic E-state index is 13.1. The molecule has 4 nitrogen and oxygen atoms in total. The number of aryl methyl sites for hydroxylation is 1. The van der Waals surface area contributed by atoms with Gasteiger partial charge in [-0.3, -0.25) is 4.79 Å². The summed E-state index contributed by atoms with van der Waals surface area (Å²) in [5.74, 6) is -1.13. The molecule has 0 aliphatic heterocycles. The number of carbonyl (C=O) groups excluding carboxylic acids is 1. The topological polar surface area (TPSA) is 66.8 Å². The molecule has 1 rings (SSSR count). The van der Waals surface area contributed by atoms with Gasteiger partial charge in [-0.2, -0.15) is 0 Å². The molecule has 2 N–H and O–H groups in total. The summed E-state index contributed by atoms with van der Waals surface area (Å²) in [6.45, 7) is 1.67. The van der Waals surface area contributed by atoms with Crippen LogP contribution in [0.4, 0.5) is 4.39 Å². The van der Waals surface area contributed by atoms with Crippen molar-refractivity contribution in [3.63, 3.8) is 0 Å². The van der Waals surface area contributed by atoms with Crippen molar-refractivity contribution in [1.29, 1.82) is 0 Å². The molecular weight excluding hydrogens is 227 g/mol. The molecule has 0 aliphatic rings. The summed E-state index contributed by atoms with van der Waals surface area (Å²) in [6.07, 6.45) is -2.97. The fourth-order valence-corrected chi connectivity index (χ4v) is 1.52. The van der Waals surface area contributed by atoms with Gasteiger partial charge in [0.2, 0.25) is 0 Å². The summed E-state index contributed by atoms with van der Waals surface area (Å²) in [5, 5.41) is 19.3. The normalized spacial score (nSPS) is 14.2. The lowest BCUT2D eigenvalue weighted by molar-refractivity contribution is -0.144. The third-order valence-corrected chi connectivity index (χ3v) is 2.37. The van der Waals surface area contributed by atoms with E-state index in [0.29, 0.717) is 5.56 Å². The van der Waals surface area contributed by atoms with E-state index in [1.54, 1.807) is 13.0 Å². The summed E-state index contributed by atoms with van der Waals surface area (Å²) >= 11 is 0. The number of hydrogen-bond acceptors (Lipinski definition) is 4. The molecule has 2 unspecified atom stereocenters. The first-order valence-corrected chi connectivity index (χ1v) is 5.14. The molecule has 2 atom stereocenters. The predicted octanol–water partition coefficient (Wildman–Crippen LogP) is 1.09. The van der Waals surface area contributed by atoms with E-state index in [1.165, 1.54) is 13.2 Å². The fourth-order valence-electron chi connectivity index (χ4n) is 1.52. The number of ether oxygens (including phenoxy) is 1. The summed E-state index contributed by atoms with van der Waals surface area (Å²) in [4.78, 5) is 10.9. The van der Waals surface area contributed by atoms with Gasteiger partial charge in [-0.25, -0.2) is 4.39 Å². The number of methoxy groups -OCH3 is 1. The van der Waals surface area contributed by atoms with Crippen molar-refractivity contribution < 1.29 is 24.1 Å². The second-order valence-electron chi connectivity index (χ2n) is 3.85. The summed E-state index contributed by atoms with van der Waals surface area (Å²) in [6, 6.07) is 3.98. The number of rotatable bonds is 4. The Hall–Kier alpha value is -1.46. The van der Waals surface area contributed by atoms with Gasteiger partial charge in [0.05, 0.1) is 19.6 Å². The van der Waals surface area contributed by atoms with E-state index in [0.717, 1.165) is 6.07 Å². The van der Waals surface area contributed by atoms with Crippen LogP contribution < -0.4 is 0 Å². The zero-order valence-corrected chi connectivity index (χ0v) is 9.68. The Balaban J connectivity index is 2.80. The molecule has 0 bridgehead atoms. The first kappa shape index (κ1) is 13.6. The average Bonchev–Trinajstić information content (AvgIpc) is 2.26. The summed E-state index contributed by atoms with van der Waals surface area (Å²) < 4.78 is 17.5. The van der Waals surface area contributed by atoms with E-state index in [-0.39, 0.29) is 12.0 Å². The van der Waals surface area contributed by atoms with Crippen LogP contribution in [0.5, 0.6) is 0 Å². The predicted molar refractivity (Wildman–Crippen MR) is 58.7 cm³/mol. The van der Waals surface area contributed by atoms with Gasteiger partial charge in [-0.1, -0.05) is 6.07 Å². The lowest BCUT2D eigenvalue weighted by atomic mass is 10.0. The molecule has 0 heterocycles. The van der Waals surface area contributed by atoms with E-state index < -0.39 is 24.0 Å². The van der Waals surface area contributed by atoms with E-state index in [1.807, 2.05) is 0 Å². The average molecular weight is 242 g/mol. The number of esters is 1.